The van der Waals surface area contributed by atoms with Crippen molar-refractivity contribution in [3.63, 3.8) is 0 Å². The van der Waals surface area contributed by atoms with Crippen molar-refractivity contribution < 1.29 is 29.4 Å². The van der Waals surface area contributed by atoms with E-state index in [4.69, 9.17) is 23.1 Å². The third kappa shape index (κ3) is 4.95. The van der Waals surface area contributed by atoms with Crippen molar-refractivity contribution in [2.75, 3.05) is 17.6 Å². The summed E-state index contributed by atoms with van der Waals surface area (Å²) in [5, 5.41) is 32.3. The molecule has 12 nitrogen and oxygen atoms in total. The van der Waals surface area contributed by atoms with Gasteiger partial charge in [-0.3, -0.25) is 19.3 Å². The van der Waals surface area contributed by atoms with E-state index in [0.717, 1.165) is 4.90 Å². The monoisotopic (exact) mass is 548 g/mol. The molecule has 2 aliphatic rings. The Bertz CT molecular complexity index is 1290. The first kappa shape index (κ1) is 25.7. The molecular formula is C21H20N6O6S3. The maximum absolute atomic E-state index is 12.9. The average molecular weight is 549 g/mol. The number of carbonyl (C=O) groups excluding carboxylic acids is 2. The molecular weight excluding hydrogens is 528 g/mol. The normalized spacial score (nSPS) is 19.7. The summed E-state index contributed by atoms with van der Waals surface area (Å²) in [6.45, 7) is 1.49. The third-order valence-corrected chi connectivity index (χ3v) is 8.16. The first-order chi connectivity index (χ1) is 17.1. The maximum atomic E-state index is 12.9. The first-order valence-corrected chi connectivity index (χ1v) is 12.7. The molecule has 0 aliphatic carbocycles. The summed E-state index contributed by atoms with van der Waals surface area (Å²) in [7, 11) is 0. The molecule has 1 aromatic carbocycles. The van der Waals surface area contributed by atoms with Gasteiger partial charge in [-0.1, -0.05) is 35.7 Å². The molecule has 2 unspecified atom stereocenters. The van der Waals surface area contributed by atoms with E-state index in [0.29, 0.717) is 26.8 Å². The molecule has 6 N–H and O–H groups in total. The van der Waals surface area contributed by atoms with Gasteiger partial charge < -0.3 is 26.6 Å². The third-order valence-electron chi connectivity index (χ3n) is 5.46. The van der Waals surface area contributed by atoms with Crippen LogP contribution in [0.2, 0.25) is 0 Å². The van der Waals surface area contributed by atoms with Crippen LogP contribution >= 0.6 is 35.3 Å². The molecule has 1 fully saturated rings. The fourth-order valence-electron chi connectivity index (χ4n) is 3.69. The number of β-lactam (4-membered cyclic amide) rings is 1. The van der Waals surface area contributed by atoms with E-state index in [9.17, 15) is 24.3 Å². The largest absolute Gasteiger partial charge is 0.480 e. The molecule has 4 rings (SSSR count). The van der Waals surface area contributed by atoms with Crippen LogP contribution in [-0.2, 0) is 19.2 Å². The van der Waals surface area contributed by atoms with Gasteiger partial charge >= 0.3 is 11.9 Å². The number of aliphatic carboxylic acids is 2. The zero-order chi connectivity index (χ0) is 26.1. The number of anilines is 1. The van der Waals surface area contributed by atoms with Crippen LogP contribution < -0.4 is 16.4 Å². The van der Waals surface area contributed by atoms with Crippen LogP contribution in [0.15, 0.2) is 35.5 Å². The Morgan fingerprint density at radius 2 is 1.94 bits per heavy atom. The predicted molar refractivity (Wildman–Crippen MR) is 136 cm³/mol. The molecule has 15 heteroatoms. The Kier molecular flexibility index (Phi) is 7.35. The van der Waals surface area contributed by atoms with Crippen molar-refractivity contribution in [1.29, 1.82) is 0 Å². The Labute approximate surface area is 217 Å². The molecule has 0 saturated carbocycles. The van der Waals surface area contributed by atoms with Crippen molar-refractivity contribution in [2.45, 2.75) is 24.4 Å². The van der Waals surface area contributed by atoms with Gasteiger partial charge in [0.05, 0.1) is 4.86 Å². The maximum Gasteiger partial charge on any atom is 0.353 e. The van der Waals surface area contributed by atoms with Crippen LogP contribution in [0.1, 0.15) is 21.6 Å². The number of carboxylic acid groups (broad SMARTS) is 2. The summed E-state index contributed by atoms with van der Waals surface area (Å²) in [5.74, 6) is -3.28. The number of benzene rings is 1. The minimum Gasteiger partial charge on any atom is -0.480 e. The number of aromatic nitrogens is 2. The number of nitrogens with two attached hydrogens (primary N) is 1. The molecule has 3 heterocycles. The molecule has 2 aliphatic heterocycles. The number of thiocarbonyl (C=S) groups is 1. The molecule has 1 aromatic heterocycles. The van der Waals surface area contributed by atoms with Crippen molar-refractivity contribution in [2.24, 2.45) is 5.73 Å². The van der Waals surface area contributed by atoms with Gasteiger partial charge in [0.2, 0.25) is 5.91 Å². The number of rotatable bonds is 9. The molecule has 2 aromatic rings. The lowest BCUT2D eigenvalue weighted by Crippen LogP contribution is -2.71. The van der Waals surface area contributed by atoms with Gasteiger partial charge in [0.1, 0.15) is 34.7 Å². The van der Waals surface area contributed by atoms with Gasteiger partial charge in [0.25, 0.3) is 5.91 Å². The van der Waals surface area contributed by atoms with Crippen LogP contribution in [0.25, 0.3) is 0 Å². The SMILES string of the molecule is Cc1nnc(C(=S)C2=C(C(=O)O)N3C(=O)C(NC(=O)C(N)c4ccc(NCC(=O)O)cc4)[C@@H]3SC2)s1. The lowest BCUT2D eigenvalue weighted by atomic mass is 10.00. The van der Waals surface area contributed by atoms with Crippen LogP contribution in [-0.4, -0.2) is 77.6 Å². The Morgan fingerprint density at radius 1 is 1.25 bits per heavy atom. The van der Waals surface area contributed by atoms with Gasteiger partial charge in [-0.25, -0.2) is 4.79 Å². The molecule has 36 heavy (non-hydrogen) atoms. The number of thioether (sulfide) groups is 1. The van der Waals surface area contributed by atoms with Gasteiger partial charge in [-0.2, -0.15) is 0 Å². The summed E-state index contributed by atoms with van der Waals surface area (Å²) in [5.41, 5.74) is 7.15. The fourth-order valence-corrected chi connectivity index (χ4v) is 6.13. The summed E-state index contributed by atoms with van der Waals surface area (Å²) in [6.07, 6.45) is 0. The predicted octanol–water partition coefficient (Wildman–Crippen LogP) is 0.500. The number of hydrogen-bond acceptors (Lipinski definition) is 11. The molecule has 0 bridgehead atoms. The van der Waals surface area contributed by atoms with E-state index in [1.54, 1.807) is 31.2 Å². The van der Waals surface area contributed by atoms with E-state index < -0.39 is 41.2 Å². The lowest BCUT2D eigenvalue weighted by Gasteiger charge is -2.49. The standard InChI is InChI=1S/C21H20N6O6S3/c1-8-25-26-18(36-8)16(34)11-7-35-20-14(19(31)27(20)15(11)21(32)33)24-17(30)13(22)9-2-4-10(5-3-9)23-6-12(28)29/h2-5,13-14,20,23H,6-7,22H2,1H3,(H,24,30)(H,28,29)(H,32,33)/t13?,14?,20-/m0/s1. The first-order valence-electron chi connectivity index (χ1n) is 10.5. The average Bonchev–Trinajstić information content (AvgIpc) is 3.30. The number of aryl methyl sites for hydroxylation is 1. The van der Waals surface area contributed by atoms with Crippen LogP contribution in [0, 0.1) is 6.92 Å². The Hall–Kier alpha value is -3.40. The zero-order valence-electron chi connectivity index (χ0n) is 18.6. The highest BCUT2D eigenvalue weighted by atomic mass is 32.2. The Morgan fingerprint density at radius 3 is 2.53 bits per heavy atom. The highest BCUT2D eigenvalue weighted by Gasteiger charge is 2.54. The minimum atomic E-state index is -1.30. The minimum absolute atomic E-state index is 0.219. The summed E-state index contributed by atoms with van der Waals surface area (Å²) in [6, 6.07) is 4.29. The van der Waals surface area contributed by atoms with Gasteiger partial charge in [0, 0.05) is 17.0 Å². The van der Waals surface area contributed by atoms with Gasteiger partial charge in [0.15, 0.2) is 5.01 Å². The number of nitrogens with one attached hydrogen (secondary N) is 2. The van der Waals surface area contributed by atoms with Gasteiger partial charge in [-0.15, -0.1) is 22.0 Å². The summed E-state index contributed by atoms with van der Waals surface area (Å²) < 4.78 is 0. The van der Waals surface area contributed by atoms with E-state index in [-0.39, 0.29) is 22.9 Å². The quantitative estimate of drug-likeness (QED) is 0.166. The zero-order valence-corrected chi connectivity index (χ0v) is 21.1. The van der Waals surface area contributed by atoms with E-state index >= 15 is 0 Å². The van der Waals surface area contributed by atoms with Crippen molar-refractivity contribution in [1.82, 2.24) is 20.4 Å². The summed E-state index contributed by atoms with van der Waals surface area (Å²) in [4.78, 5) is 49.8. The number of nitrogens with zero attached hydrogens (tertiary/aromatic N) is 3. The highest BCUT2D eigenvalue weighted by molar-refractivity contribution is 8.00. The lowest BCUT2D eigenvalue weighted by molar-refractivity contribution is -0.150. The molecule has 1 saturated heterocycles. The van der Waals surface area contributed by atoms with Crippen molar-refractivity contribution in [3.05, 3.63) is 51.1 Å². The fraction of sp³-hybridized carbons (Fsp3) is 0.286. The van der Waals surface area contributed by atoms with Crippen molar-refractivity contribution in [3.8, 4) is 0 Å². The van der Waals surface area contributed by atoms with Crippen LogP contribution in [0.3, 0.4) is 0 Å². The number of fused-ring (bicyclic) bond motifs is 1. The second-order valence-corrected chi connectivity index (χ2v) is 10.5. The number of hydrogen-bond donors (Lipinski definition) is 5. The summed E-state index contributed by atoms with van der Waals surface area (Å²) >= 11 is 7.97. The molecule has 188 valence electrons. The molecule has 2 amide bonds. The van der Waals surface area contributed by atoms with Crippen molar-refractivity contribution >= 4 is 69.6 Å². The Balaban J connectivity index is 1.45. The van der Waals surface area contributed by atoms with Gasteiger partial charge in [-0.05, 0) is 24.6 Å². The van der Waals surface area contributed by atoms with E-state index in [1.807, 2.05) is 0 Å². The second-order valence-electron chi connectivity index (χ2n) is 7.83. The van der Waals surface area contributed by atoms with E-state index in [2.05, 4.69) is 20.8 Å². The number of carboxylic acids is 2. The second kappa shape index (κ2) is 10.3. The topological polar surface area (TPSA) is 188 Å². The molecule has 0 spiro atoms. The van der Waals surface area contributed by atoms with Crippen LogP contribution in [0.4, 0.5) is 5.69 Å². The highest BCUT2D eigenvalue weighted by Crippen LogP contribution is 2.41. The number of amides is 2. The molecule has 3 atom stereocenters. The number of carbonyl (C=O) groups is 4. The van der Waals surface area contributed by atoms with Crippen LogP contribution in [0.5, 0.6) is 0 Å². The molecule has 0 radical (unpaired) electrons. The smallest absolute Gasteiger partial charge is 0.353 e. The van der Waals surface area contributed by atoms with E-state index in [1.165, 1.54) is 23.1 Å².